The minimum absolute atomic E-state index is 0.0215. The lowest BCUT2D eigenvalue weighted by molar-refractivity contribution is 0.0697. The van der Waals surface area contributed by atoms with Crippen LogP contribution in [0.1, 0.15) is 55.9 Å². The second-order valence-corrected chi connectivity index (χ2v) is 7.59. The van der Waals surface area contributed by atoms with Gasteiger partial charge in [-0.2, -0.15) is 10.2 Å². The van der Waals surface area contributed by atoms with E-state index in [0.717, 1.165) is 25.7 Å². The van der Waals surface area contributed by atoms with Gasteiger partial charge in [-0.05, 0) is 31.1 Å². The quantitative estimate of drug-likeness (QED) is 0.742. The molecule has 136 valence electrons. The van der Waals surface area contributed by atoms with Crippen molar-refractivity contribution >= 4 is 17.0 Å². The largest absolute Gasteiger partial charge is 0.478 e. The van der Waals surface area contributed by atoms with Crippen LogP contribution in [-0.2, 0) is 0 Å². The zero-order valence-corrected chi connectivity index (χ0v) is 14.6. The monoisotopic (exact) mass is 356 g/mol. The smallest absolute Gasteiger partial charge is 0.338 e. The van der Waals surface area contributed by atoms with Gasteiger partial charge in [0.15, 0.2) is 5.52 Å². The van der Waals surface area contributed by atoms with Gasteiger partial charge in [0.05, 0.1) is 24.0 Å². The molecule has 26 heavy (non-hydrogen) atoms. The van der Waals surface area contributed by atoms with Crippen molar-refractivity contribution in [2.45, 2.75) is 45.6 Å². The van der Waals surface area contributed by atoms with Crippen molar-refractivity contribution in [1.82, 2.24) is 29.5 Å². The van der Waals surface area contributed by atoms with Crippen molar-refractivity contribution in [1.29, 1.82) is 0 Å². The Morgan fingerprint density at radius 1 is 1.27 bits per heavy atom. The van der Waals surface area contributed by atoms with Crippen LogP contribution in [0.15, 0.2) is 23.4 Å². The van der Waals surface area contributed by atoms with Gasteiger partial charge in [0.25, 0.3) is 5.56 Å². The molecule has 2 N–H and O–H groups in total. The summed E-state index contributed by atoms with van der Waals surface area (Å²) >= 11 is 0. The highest BCUT2D eigenvalue weighted by molar-refractivity contribution is 5.87. The lowest BCUT2D eigenvalue weighted by Crippen LogP contribution is -2.26. The number of hydrogen-bond acceptors (Lipinski definition) is 5. The minimum Gasteiger partial charge on any atom is -0.478 e. The fourth-order valence-corrected chi connectivity index (χ4v) is 3.52. The zero-order chi connectivity index (χ0) is 18.5. The highest BCUT2D eigenvalue weighted by Gasteiger charge is 2.29. The van der Waals surface area contributed by atoms with Crippen LogP contribution in [0, 0.1) is 5.41 Å². The van der Waals surface area contributed by atoms with E-state index in [0.29, 0.717) is 16.4 Å². The summed E-state index contributed by atoms with van der Waals surface area (Å²) < 4.78 is 3.02. The summed E-state index contributed by atoms with van der Waals surface area (Å²) in [4.78, 5) is 30.7. The van der Waals surface area contributed by atoms with Crippen LogP contribution in [0.5, 0.6) is 0 Å². The second kappa shape index (κ2) is 5.79. The molecule has 0 aromatic carbocycles. The van der Waals surface area contributed by atoms with E-state index in [9.17, 15) is 9.59 Å². The third-order valence-electron chi connectivity index (χ3n) is 5.14. The molecule has 0 amide bonds. The molecule has 1 fully saturated rings. The molecule has 0 atom stereocenters. The van der Waals surface area contributed by atoms with Crippen LogP contribution in [0.3, 0.4) is 0 Å². The summed E-state index contributed by atoms with van der Waals surface area (Å²) in [6, 6.07) is 0.192. The van der Waals surface area contributed by atoms with Crippen molar-refractivity contribution in [3.63, 3.8) is 0 Å². The number of nitrogens with zero attached hydrogens (tertiary/aromatic N) is 5. The minimum atomic E-state index is -1.09. The first kappa shape index (κ1) is 16.5. The van der Waals surface area contributed by atoms with Gasteiger partial charge in [-0.15, -0.1) is 0 Å². The number of carboxylic acids is 1. The molecule has 1 aliphatic rings. The van der Waals surface area contributed by atoms with Gasteiger partial charge >= 0.3 is 5.97 Å². The first-order chi connectivity index (χ1) is 12.3. The van der Waals surface area contributed by atoms with Crippen LogP contribution in [-0.4, -0.2) is 40.6 Å². The molecular formula is C17H20N6O3. The number of aromatic carboxylic acids is 1. The lowest BCUT2D eigenvalue weighted by Gasteiger charge is -2.34. The van der Waals surface area contributed by atoms with E-state index >= 15 is 0 Å². The summed E-state index contributed by atoms with van der Waals surface area (Å²) in [7, 11) is 0. The topological polar surface area (TPSA) is 119 Å². The van der Waals surface area contributed by atoms with E-state index < -0.39 is 5.97 Å². The number of rotatable bonds is 3. The molecular weight excluding hydrogens is 336 g/mol. The van der Waals surface area contributed by atoms with E-state index in [-0.39, 0.29) is 23.1 Å². The maximum Gasteiger partial charge on any atom is 0.338 e. The Bertz CT molecular complexity index is 1030. The average Bonchev–Trinajstić information content (AvgIpc) is 3.22. The molecule has 0 unspecified atom stereocenters. The van der Waals surface area contributed by atoms with Crippen molar-refractivity contribution in [2.75, 3.05) is 0 Å². The highest BCUT2D eigenvalue weighted by atomic mass is 16.4. The maximum absolute atomic E-state index is 12.7. The van der Waals surface area contributed by atoms with Crippen LogP contribution < -0.4 is 5.56 Å². The normalized spacial score (nSPS) is 17.6. The molecule has 0 aliphatic heterocycles. The van der Waals surface area contributed by atoms with Crippen molar-refractivity contribution < 1.29 is 9.90 Å². The predicted molar refractivity (Wildman–Crippen MR) is 93.5 cm³/mol. The van der Waals surface area contributed by atoms with Gasteiger partial charge in [-0.1, -0.05) is 13.8 Å². The average molecular weight is 356 g/mol. The molecule has 0 bridgehead atoms. The molecule has 1 aliphatic carbocycles. The number of carbonyl (C=O) groups is 1. The number of carboxylic acid groups (broad SMARTS) is 1. The first-order valence-electron chi connectivity index (χ1n) is 8.60. The summed E-state index contributed by atoms with van der Waals surface area (Å²) in [5, 5.41) is 17.3. The summed E-state index contributed by atoms with van der Waals surface area (Å²) in [5.74, 6) is -0.924. The SMILES string of the molecule is CC1(C)CCC(n2ncc3nc(-n4cc(C(=O)O)cn4)[nH]c(=O)c32)CC1. The van der Waals surface area contributed by atoms with Crippen LogP contribution in [0.25, 0.3) is 17.0 Å². The van der Waals surface area contributed by atoms with Crippen LogP contribution in [0.2, 0.25) is 0 Å². The molecule has 9 heteroatoms. The number of aromatic amines is 1. The van der Waals surface area contributed by atoms with Gasteiger partial charge in [-0.25, -0.2) is 14.5 Å². The molecule has 9 nitrogen and oxygen atoms in total. The number of fused-ring (bicyclic) bond motifs is 1. The molecule has 3 aromatic heterocycles. The third kappa shape index (κ3) is 2.79. The fourth-order valence-electron chi connectivity index (χ4n) is 3.52. The molecule has 0 radical (unpaired) electrons. The first-order valence-corrected chi connectivity index (χ1v) is 8.60. The standard InChI is InChI=1S/C17H20N6O3/c1-17(2)5-3-11(4-6-17)23-13-12(8-19-23)20-16(21-14(13)24)22-9-10(7-18-22)15(25)26/h7-9,11H,3-6H2,1-2H3,(H,25,26)(H,20,21,24). The molecule has 4 rings (SSSR count). The van der Waals surface area contributed by atoms with E-state index in [4.69, 9.17) is 5.11 Å². The maximum atomic E-state index is 12.7. The van der Waals surface area contributed by atoms with Crippen LogP contribution in [0.4, 0.5) is 0 Å². The lowest BCUT2D eigenvalue weighted by atomic mass is 9.75. The number of aromatic nitrogens is 6. The molecule has 3 heterocycles. The predicted octanol–water partition coefficient (Wildman–Crippen LogP) is 2.14. The Morgan fingerprint density at radius 2 is 2.00 bits per heavy atom. The number of H-pyrrole nitrogens is 1. The summed E-state index contributed by atoms with van der Waals surface area (Å²) in [6.45, 7) is 4.53. The van der Waals surface area contributed by atoms with Crippen LogP contribution >= 0.6 is 0 Å². The molecule has 0 spiro atoms. The number of nitrogens with one attached hydrogen (secondary N) is 1. The highest BCUT2D eigenvalue weighted by Crippen LogP contribution is 2.40. The Hall–Kier alpha value is -2.97. The van der Waals surface area contributed by atoms with E-state index in [1.807, 2.05) is 0 Å². The van der Waals surface area contributed by atoms with Gasteiger partial charge in [0.1, 0.15) is 5.52 Å². The third-order valence-corrected chi connectivity index (χ3v) is 5.14. The Morgan fingerprint density at radius 3 is 2.65 bits per heavy atom. The van der Waals surface area contributed by atoms with Gasteiger partial charge < -0.3 is 5.11 Å². The van der Waals surface area contributed by atoms with E-state index in [2.05, 4.69) is 34.0 Å². The van der Waals surface area contributed by atoms with Crippen molar-refractivity contribution in [3.8, 4) is 5.95 Å². The molecule has 0 saturated heterocycles. The fraction of sp³-hybridized carbons (Fsp3) is 0.471. The van der Waals surface area contributed by atoms with E-state index in [1.54, 1.807) is 10.9 Å². The van der Waals surface area contributed by atoms with Gasteiger partial charge in [0, 0.05) is 6.20 Å². The molecule has 1 saturated carbocycles. The summed E-state index contributed by atoms with van der Waals surface area (Å²) in [5.41, 5.74) is 0.970. The second-order valence-electron chi connectivity index (χ2n) is 7.59. The van der Waals surface area contributed by atoms with E-state index in [1.165, 1.54) is 17.1 Å². The summed E-state index contributed by atoms with van der Waals surface area (Å²) in [6.07, 6.45) is 8.23. The van der Waals surface area contributed by atoms with Crippen molar-refractivity contribution in [3.05, 3.63) is 34.5 Å². The Kier molecular flexibility index (Phi) is 3.67. The van der Waals surface area contributed by atoms with Crippen molar-refractivity contribution in [2.24, 2.45) is 5.41 Å². The van der Waals surface area contributed by atoms with Gasteiger partial charge in [-0.3, -0.25) is 14.5 Å². The van der Waals surface area contributed by atoms with Gasteiger partial charge in [0.2, 0.25) is 5.95 Å². The Balaban J connectivity index is 1.71. The number of hydrogen-bond donors (Lipinski definition) is 2. The Labute approximate surface area is 148 Å². The molecule has 3 aromatic rings. The zero-order valence-electron chi connectivity index (χ0n) is 14.6.